The van der Waals surface area contributed by atoms with Gasteiger partial charge in [-0.25, -0.2) is 22.6 Å². The van der Waals surface area contributed by atoms with Gasteiger partial charge in [-0.1, -0.05) is 23.4 Å². The van der Waals surface area contributed by atoms with Gasteiger partial charge < -0.3 is 5.32 Å². The highest BCUT2D eigenvalue weighted by Crippen LogP contribution is 2.33. The molecule has 3 N–H and O–H groups in total. The molecule has 0 spiro atoms. The Hall–Kier alpha value is -3.32. The highest BCUT2D eigenvalue weighted by atomic mass is 32.2. The second-order valence-electron chi connectivity index (χ2n) is 6.13. The van der Waals surface area contributed by atoms with E-state index >= 15 is 0 Å². The normalized spacial score (nSPS) is 12.0. The van der Waals surface area contributed by atoms with Crippen LogP contribution in [0.4, 0.5) is 23.2 Å². The van der Waals surface area contributed by atoms with Crippen molar-refractivity contribution in [3.63, 3.8) is 0 Å². The Morgan fingerprint density at radius 2 is 1.80 bits per heavy atom. The van der Waals surface area contributed by atoms with Gasteiger partial charge in [-0.2, -0.15) is 13.2 Å². The molecule has 0 radical (unpaired) electrons. The number of amides is 1. The van der Waals surface area contributed by atoms with Crippen molar-refractivity contribution in [1.82, 2.24) is 15.0 Å². The Bertz CT molecular complexity index is 1190. The highest BCUT2D eigenvalue weighted by Gasteiger charge is 2.42. The van der Waals surface area contributed by atoms with Crippen LogP contribution in [0.5, 0.6) is 0 Å². The molecule has 0 bridgehead atoms. The summed E-state index contributed by atoms with van der Waals surface area (Å²) >= 11 is 0. The SMILES string of the molecule is NS(=O)(=O)Cc1ccc(NC(=O)c2nnn(-c3cccc(F)c3)c2C(F)(F)F)cc1. The van der Waals surface area contributed by atoms with E-state index in [4.69, 9.17) is 5.14 Å². The fourth-order valence-electron chi connectivity index (χ4n) is 2.58. The van der Waals surface area contributed by atoms with E-state index in [1.807, 2.05) is 0 Å². The monoisotopic (exact) mass is 443 g/mol. The molecule has 3 rings (SSSR count). The number of benzene rings is 2. The average Bonchev–Trinajstić information content (AvgIpc) is 3.08. The molecule has 158 valence electrons. The van der Waals surface area contributed by atoms with Crippen LogP contribution in [0.1, 0.15) is 21.7 Å². The van der Waals surface area contributed by atoms with Gasteiger partial charge >= 0.3 is 6.18 Å². The number of rotatable bonds is 5. The van der Waals surface area contributed by atoms with Crippen LogP contribution in [0.2, 0.25) is 0 Å². The lowest BCUT2D eigenvalue weighted by atomic mass is 10.2. The molecule has 13 heteroatoms. The Morgan fingerprint density at radius 1 is 1.13 bits per heavy atom. The molecule has 0 aliphatic rings. The third-order valence-electron chi connectivity index (χ3n) is 3.79. The van der Waals surface area contributed by atoms with Crippen LogP contribution in [0.25, 0.3) is 5.69 Å². The number of aromatic nitrogens is 3. The molecule has 8 nitrogen and oxygen atoms in total. The van der Waals surface area contributed by atoms with Crippen molar-refractivity contribution in [1.29, 1.82) is 0 Å². The average molecular weight is 443 g/mol. The van der Waals surface area contributed by atoms with E-state index in [1.54, 1.807) is 0 Å². The van der Waals surface area contributed by atoms with Crippen LogP contribution in [0.15, 0.2) is 48.5 Å². The summed E-state index contributed by atoms with van der Waals surface area (Å²) in [6, 6.07) is 9.50. The number of anilines is 1. The number of carbonyl (C=O) groups excluding carboxylic acids is 1. The van der Waals surface area contributed by atoms with Gasteiger partial charge in [-0.05, 0) is 35.9 Å². The number of hydrogen-bond acceptors (Lipinski definition) is 5. The fourth-order valence-corrected chi connectivity index (χ4v) is 3.24. The minimum atomic E-state index is -5.01. The summed E-state index contributed by atoms with van der Waals surface area (Å²) < 4.78 is 76.7. The van der Waals surface area contributed by atoms with Crippen molar-refractivity contribution in [3.8, 4) is 5.69 Å². The summed E-state index contributed by atoms with van der Waals surface area (Å²) in [5.74, 6) is -2.44. The van der Waals surface area contributed by atoms with E-state index < -0.39 is 45.1 Å². The first kappa shape index (κ1) is 21.4. The molecule has 0 atom stereocenters. The Kier molecular flexibility index (Phi) is 5.59. The zero-order valence-electron chi connectivity index (χ0n) is 14.9. The second-order valence-corrected chi connectivity index (χ2v) is 7.75. The molecule has 1 amide bonds. The summed E-state index contributed by atoms with van der Waals surface area (Å²) in [6.45, 7) is 0. The van der Waals surface area contributed by atoms with E-state index in [1.165, 1.54) is 36.4 Å². The zero-order valence-corrected chi connectivity index (χ0v) is 15.7. The highest BCUT2D eigenvalue weighted by molar-refractivity contribution is 7.88. The van der Waals surface area contributed by atoms with Crippen molar-refractivity contribution in [2.24, 2.45) is 5.14 Å². The Labute approximate surface area is 167 Å². The van der Waals surface area contributed by atoms with E-state index in [-0.39, 0.29) is 11.4 Å². The van der Waals surface area contributed by atoms with Crippen molar-refractivity contribution in [2.75, 3.05) is 5.32 Å². The van der Waals surface area contributed by atoms with Crippen LogP contribution in [0.3, 0.4) is 0 Å². The minimum Gasteiger partial charge on any atom is -0.321 e. The summed E-state index contributed by atoms with van der Waals surface area (Å²) in [5.41, 5.74) is -2.34. The van der Waals surface area contributed by atoms with Gasteiger partial charge in [-0.15, -0.1) is 5.10 Å². The van der Waals surface area contributed by atoms with Gasteiger partial charge in [0.2, 0.25) is 10.0 Å². The number of alkyl halides is 3. The molecule has 0 aliphatic carbocycles. The standard InChI is InChI=1S/C17H13F4N5O3S/c18-11-2-1-3-13(8-11)26-15(17(19,20)21)14(24-25-26)16(27)23-12-6-4-10(5-7-12)9-30(22,28)29/h1-8H,9H2,(H,23,27)(H2,22,28,29). The number of nitrogens with zero attached hydrogens (tertiary/aromatic N) is 3. The van der Waals surface area contributed by atoms with E-state index in [0.717, 1.165) is 12.1 Å². The molecule has 30 heavy (non-hydrogen) atoms. The van der Waals surface area contributed by atoms with Crippen LogP contribution >= 0.6 is 0 Å². The van der Waals surface area contributed by atoms with Gasteiger partial charge in [0.25, 0.3) is 5.91 Å². The molecular weight excluding hydrogens is 430 g/mol. The largest absolute Gasteiger partial charge is 0.435 e. The Balaban J connectivity index is 1.91. The van der Waals surface area contributed by atoms with Gasteiger partial charge in [0.15, 0.2) is 11.4 Å². The summed E-state index contributed by atoms with van der Waals surface area (Å²) in [5, 5.41) is 13.8. The molecular formula is C17H13F4N5O3S. The van der Waals surface area contributed by atoms with Crippen molar-refractivity contribution in [3.05, 3.63) is 71.3 Å². The number of primary sulfonamides is 1. The maximum atomic E-state index is 13.6. The molecule has 0 aliphatic heterocycles. The molecule has 1 aromatic heterocycles. The van der Waals surface area contributed by atoms with Crippen LogP contribution in [-0.4, -0.2) is 29.3 Å². The lowest BCUT2D eigenvalue weighted by molar-refractivity contribution is -0.143. The van der Waals surface area contributed by atoms with E-state index in [0.29, 0.717) is 10.2 Å². The molecule has 1 heterocycles. The zero-order chi connectivity index (χ0) is 22.1. The van der Waals surface area contributed by atoms with Crippen LogP contribution in [-0.2, 0) is 22.0 Å². The number of carbonyl (C=O) groups is 1. The predicted molar refractivity (Wildman–Crippen MR) is 97.5 cm³/mol. The summed E-state index contributed by atoms with van der Waals surface area (Å²) in [4.78, 5) is 12.4. The van der Waals surface area contributed by atoms with Crippen molar-refractivity contribution < 1.29 is 30.8 Å². The number of halogens is 4. The van der Waals surface area contributed by atoms with Gasteiger partial charge in [0.05, 0.1) is 11.4 Å². The topological polar surface area (TPSA) is 120 Å². The van der Waals surface area contributed by atoms with E-state index in [2.05, 4.69) is 15.6 Å². The quantitative estimate of drug-likeness (QED) is 0.587. The Morgan fingerprint density at radius 3 is 2.37 bits per heavy atom. The first-order chi connectivity index (χ1) is 13.9. The maximum absolute atomic E-state index is 13.6. The number of sulfonamides is 1. The minimum absolute atomic E-state index is 0.0894. The van der Waals surface area contributed by atoms with E-state index in [9.17, 15) is 30.8 Å². The third kappa shape index (κ3) is 4.99. The van der Waals surface area contributed by atoms with Crippen molar-refractivity contribution >= 4 is 21.6 Å². The number of nitrogens with two attached hydrogens (primary N) is 1. The second kappa shape index (κ2) is 7.84. The van der Waals surface area contributed by atoms with Crippen molar-refractivity contribution in [2.45, 2.75) is 11.9 Å². The molecule has 2 aromatic carbocycles. The lowest BCUT2D eigenvalue weighted by Gasteiger charge is -2.11. The smallest absolute Gasteiger partial charge is 0.321 e. The maximum Gasteiger partial charge on any atom is 0.435 e. The number of nitrogens with one attached hydrogen (secondary N) is 1. The molecule has 0 fully saturated rings. The molecule has 0 unspecified atom stereocenters. The summed E-state index contributed by atoms with van der Waals surface area (Å²) in [6.07, 6.45) is -5.01. The molecule has 0 saturated heterocycles. The van der Waals surface area contributed by atoms with Gasteiger partial charge in [0, 0.05) is 5.69 Å². The molecule has 0 saturated carbocycles. The first-order valence-electron chi connectivity index (χ1n) is 8.13. The first-order valence-corrected chi connectivity index (χ1v) is 9.85. The van der Waals surface area contributed by atoms with Gasteiger partial charge in [-0.3, -0.25) is 4.79 Å². The van der Waals surface area contributed by atoms with Gasteiger partial charge in [0.1, 0.15) is 5.82 Å². The van der Waals surface area contributed by atoms with Crippen LogP contribution in [0, 0.1) is 5.82 Å². The molecule has 3 aromatic rings. The third-order valence-corrected chi connectivity index (χ3v) is 4.52. The number of hydrogen-bond donors (Lipinski definition) is 2. The predicted octanol–water partition coefficient (Wildman–Crippen LogP) is 2.47. The van der Waals surface area contributed by atoms with Crippen LogP contribution < -0.4 is 10.5 Å². The fraction of sp³-hybridized carbons (Fsp3) is 0.118. The summed E-state index contributed by atoms with van der Waals surface area (Å²) in [7, 11) is -3.76. The lowest BCUT2D eigenvalue weighted by Crippen LogP contribution is -2.21.